The van der Waals surface area contributed by atoms with E-state index < -0.39 is 10.1 Å². The van der Waals surface area contributed by atoms with Crippen LogP contribution in [0.2, 0.25) is 0 Å². The summed E-state index contributed by atoms with van der Waals surface area (Å²) in [6, 6.07) is 9.53. The van der Waals surface area contributed by atoms with Crippen molar-refractivity contribution < 1.29 is 26.5 Å². The largest absolute Gasteiger partial charge is 0.489 e. The molecule has 1 aliphatic rings. The van der Waals surface area contributed by atoms with Crippen LogP contribution in [0.3, 0.4) is 0 Å². The predicted molar refractivity (Wildman–Crippen MR) is 119 cm³/mol. The summed E-state index contributed by atoms with van der Waals surface area (Å²) in [4.78, 5) is 12.8. The maximum atomic E-state index is 13.0. The smallest absolute Gasteiger partial charge is 0.339 e. The van der Waals surface area contributed by atoms with Crippen LogP contribution in [0.1, 0.15) is 48.2 Å². The van der Waals surface area contributed by atoms with Gasteiger partial charge >= 0.3 is 10.1 Å². The Kier molecular flexibility index (Phi) is 5.61. The second kappa shape index (κ2) is 8.09. The highest BCUT2D eigenvalue weighted by Crippen LogP contribution is 2.42. The lowest BCUT2D eigenvalue weighted by atomic mass is 9.95. The molecule has 0 saturated carbocycles. The van der Waals surface area contributed by atoms with E-state index in [2.05, 4.69) is 0 Å². The number of rotatable bonds is 5. The first-order valence-corrected chi connectivity index (χ1v) is 11.9. The third-order valence-electron chi connectivity index (χ3n) is 5.13. The number of Topliss-reactive ketones (excluding diaryl/α,β-unsaturated/α-hetero) is 1. The number of hydrogen-bond donors (Lipinski definition) is 0. The maximum absolute atomic E-state index is 13.0. The molecule has 8 heteroatoms. The molecule has 6 nitrogen and oxygen atoms in total. The Hall–Kier alpha value is -2.71. The van der Waals surface area contributed by atoms with Gasteiger partial charge in [0, 0.05) is 12.5 Å². The molecule has 0 amide bonds. The van der Waals surface area contributed by atoms with E-state index in [9.17, 15) is 13.2 Å². The van der Waals surface area contributed by atoms with Gasteiger partial charge in [0.15, 0.2) is 21.8 Å². The lowest BCUT2D eigenvalue weighted by molar-refractivity contribution is 0.0872. The monoisotopic (exact) mass is 458 g/mol. The number of hydrogen-bond acceptors (Lipinski definition) is 7. The van der Waals surface area contributed by atoms with Gasteiger partial charge < -0.3 is 13.3 Å². The molecule has 0 bridgehead atoms. The zero-order valence-electron chi connectivity index (χ0n) is 17.4. The molecule has 1 aromatic heterocycles. The lowest BCUT2D eigenvalue weighted by Crippen LogP contribution is -2.24. The number of ether oxygens (including phenoxy) is 1. The molecule has 0 spiro atoms. The highest BCUT2D eigenvalue weighted by Gasteiger charge is 2.31. The van der Waals surface area contributed by atoms with E-state index >= 15 is 0 Å². The Morgan fingerprint density at radius 2 is 1.90 bits per heavy atom. The number of ketones is 1. The van der Waals surface area contributed by atoms with Gasteiger partial charge in [-0.3, -0.25) is 4.79 Å². The van der Waals surface area contributed by atoms with Crippen LogP contribution >= 0.6 is 12.2 Å². The third-order valence-corrected chi connectivity index (χ3v) is 6.58. The Morgan fingerprint density at radius 1 is 1.19 bits per heavy atom. The van der Waals surface area contributed by atoms with E-state index in [0.29, 0.717) is 11.8 Å². The molecule has 0 fully saturated rings. The quantitative estimate of drug-likeness (QED) is 0.366. The van der Waals surface area contributed by atoms with Crippen molar-refractivity contribution in [3.8, 4) is 11.5 Å². The number of fused-ring (bicyclic) bond motifs is 3. The molecule has 1 atom stereocenters. The lowest BCUT2D eigenvalue weighted by Gasteiger charge is -2.24. The summed E-state index contributed by atoms with van der Waals surface area (Å²) in [6.45, 7) is 5.64. The average molecular weight is 459 g/mol. The molecule has 2 aromatic carbocycles. The molecule has 3 aromatic rings. The molecule has 4 rings (SSSR count). The summed E-state index contributed by atoms with van der Waals surface area (Å²) in [5.74, 6) is 0.147. The van der Waals surface area contributed by atoms with Gasteiger partial charge in [0.1, 0.15) is 22.3 Å². The Labute approximate surface area is 185 Å². The van der Waals surface area contributed by atoms with Gasteiger partial charge in [0.2, 0.25) is 0 Å². The Morgan fingerprint density at radius 3 is 2.58 bits per heavy atom. The standard InChI is InChI=1S/C23H22O6S2/c1-4-5-15-11-20(30)28-23-21(15)19(12-18-22(23)17(24)10-14(3)27-18)29-31(25,26)16-8-6-13(2)7-9-16/h6-9,11-12,14H,4-5,10H2,1-3H3. The molecule has 0 aliphatic carbocycles. The van der Waals surface area contributed by atoms with Gasteiger partial charge in [0.05, 0.1) is 5.39 Å². The Bertz CT molecular complexity index is 1340. The molecule has 1 unspecified atom stereocenters. The van der Waals surface area contributed by atoms with Gasteiger partial charge in [-0.05, 0) is 56.2 Å². The Balaban J connectivity index is 1.98. The summed E-state index contributed by atoms with van der Waals surface area (Å²) in [5, 5.41) is 0.427. The fourth-order valence-corrected chi connectivity index (χ4v) is 4.90. The second-order valence-corrected chi connectivity index (χ2v) is 9.65. The molecule has 0 radical (unpaired) electrons. The number of aryl methyl sites for hydroxylation is 2. The van der Waals surface area contributed by atoms with Crippen LogP contribution in [-0.2, 0) is 16.5 Å². The van der Waals surface area contributed by atoms with Crippen LogP contribution in [0.15, 0.2) is 45.7 Å². The van der Waals surface area contributed by atoms with E-state index in [-0.39, 0.29) is 50.6 Å². The van der Waals surface area contributed by atoms with Crippen LogP contribution in [0, 0.1) is 11.6 Å². The number of benzene rings is 2. The van der Waals surface area contributed by atoms with E-state index in [4.69, 9.17) is 25.6 Å². The molecule has 0 saturated heterocycles. The summed E-state index contributed by atoms with van der Waals surface area (Å²) >= 11 is 5.27. The van der Waals surface area contributed by atoms with Crippen molar-refractivity contribution in [3.63, 3.8) is 0 Å². The van der Waals surface area contributed by atoms with E-state index in [0.717, 1.165) is 17.5 Å². The van der Waals surface area contributed by atoms with E-state index in [1.807, 2.05) is 13.8 Å². The van der Waals surface area contributed by atoms with Crippen molar-refractivity contribution in [2.75, 3.05) is 0 Å². The second-order valence-electron chi connectivity index (χ2n) is 7.70. The zero-order valence-corrected chi connectivity index (χ0v) is 19.1. The minimum absolute atomic E-state index is 0.0307. The first kappa shape index (κ1) is 21.5. The van der Waals surface area contributed by atoms with Gasteiger partial charge in [0.25, 0.3) is 0 Å². The normalized spacial score (nSPS) is 16.1. The molecule has 2 heterocycles. The third kappa shape index (κ3) is 4.09. The molecule has 162 valence electrons. The van der Waals surface area contributed by atoms with Gasteiger partial charge in [-0.15, -0.1) is 0 Å². The van der Waals surface area contributed by atoms with Crippen LogP contribution in [0.25, 0.3) is 11.0 Å². The molecule has 0 N–H and O–H groups in total. The van der Waals surface area contributed by atoms with Crippen molar-refractivity contribution in [1.82, 2.24) is 0 Å². The van der Waals surface area contributed by atoms with Gasteiger partial charge in [-0.2, -0.15) is 8.42 Å². The predicted octanol–water partition coefficient (Wildman–Crippen LogP) is 5.54. The fourth-order valence-electron chi connectivity index (χ4n) is 3.74. The minimum atomic E-state index is -4.13. The first-order valence-electron chi connectivity index (χ1n) is 10.0. The van der Waals surface area contributed by atoms with Crippen molar-refractivity contribution >= 4 is 39.1 Å². The SMILES string of the molecule is CCCc1cc(=S)oc2c3c(cc(OS(=O)(=O)c4ccc(C)cc4)c12)OC(C)CC3=O. The molecule has 1 aliphatic heterocycles. The highest BCUT2D eigenvalue weighted by molar-refractivity contribution is 7.87. The van der Waals surface area contributed by atoms with E-state index in [1.54, 1.807) is 25.1 Å². The molecule has 31 heavy (non-hydrogen) atoms. The van der Waals surface area contributed by atoms with Crippen LogP contribution in [0.5, 0.6) is 11.5 Å². The molecular formula is C23H22O6S2. The number of carbonyl (C=O) groups is 1. The highest BCUT2D eigenvalue weighted by atomic mass is 32.2. The van der Waals surface area contributed by atoms with Crippen LogP contribution in [-0.4, -0.2) is 20.3 Å². The maximum Gasteiger partial charge on any atom is 0.339 e. The summed E-state index contributed by atoms with van der Waals surface area (Å²) in [6.07, 6.45) is 1.25. The number of carbonyl (C=O) groups excluding carboxylic acids is 1. The van der Waals surface area contributed by atoms with E-state index in [1.165, 1.54) is 18.2 Å². The fraction of sp³-hybridized carbons (Fsp3) is 0.304. The minimum Gasteiger partial charge on any atom is -0.489 e. The van der Waals surface area contributed by atoms with Gasteiger partial charge in [-0.1, -0.05) is 31.0 Å². The van der Waals surface area contributed by atoms with Crippen LogP contribution in [0.4, 0.5) is 0 Å². The molecular weight excluding hydrogens is 436 g/mol. The summed E-state index contributed by atoms with van der Waals surface area (Å²) in [5.41, 5.74) is 2.18. The van der Waals surface area contributed by atoms with Gasteiger partial charge in [-0.25, -0.2) is 0 Å². The summed E-state index contributed by atoms with van der Waals surface area (Å²) in [7, 11) is -4.13. The summed E-state index contributed by atoms with van der Waals surface area (Å²) < 4.78 is 43.4. The van der Waals surface area contributed by atoms with Crippen molar-refractivity contribution in [1.29, 1.82) is 0 Å². The van der Waals surface area contributed by atoms with Crippen molar-refractivity contribution in [3.05, 3.63) is 57.8 Å². The first-order chi connectivity index (χ1) is 14.7. The van der Waals surface area contributed by atoms with Crippen molar-refractivity contribution in [2.24, 2.45) is 0 Å². The van der Waals surface area contributed by atoms with Crippen molar-refractivity contribution in [2.45, 2.75) is 51.0 Å². The van der Waals surface area contributed by atoms with Crippen LogP contribution < -0.4 is 8.92 Å². The average Bonchev–Trinajstić information content (AvgIpc) is 2.67. The topological polar surface area (TPSA) is 82.8 Å². The zero-order chi connectivity index (χ0) is 22.3.